The first-order chi connectivity index (χ1) is 15.6. The van der Waals surface area contributed by atoms with Crippen LogP contribution in [0.2, 0.25) is 0 Å². The lowest BCUT2D eigenvalue weighted by Gasteiger charge is -2.37. The van der Waals surface area contributed by atoms with Crippen LogP contribution in [0, 0.1) is 5.92 Å². The molecule has 32 heavy (non-hydrogen) atoms. The SMILES string of the molecule is CC(c1cccs1)N1C(=O)c2cccc(N3CCCC(C(=O)N4CCOCC4)C3)c2C1=O. The van der Waals surface area contributed by atoms with Gasteiger partial charge in [-0.05, 0) is 43.3 Å². The highest BCUT2D eigenvalue weighted by atomic mass is 32.1. The Morgan fingerprint density at radius 2 is 1.91 bits per heavy atom. The average Bonchev–Trinajstić information content (AvgIpc) is 3.46. The molecule has 2 fully saturated rings. The number of benzene rings is 1. The van der Waals surface area contributed by atoms with Gasteiger partial charge in [-0.2, -0.15) is 0 Å². The zero-order chi connectivity index (χ0) is 22.2. The maximum atomic E-state index is 13.5. The van der Waals surface area contributed by atoms with Gasteiger partial charge in [0.25, 0.3) is 11.8 Å². The van der Waals surface area contributed by atoms with E-state index < -0.39 is 0 Å². The lowest BCUT2D eigenvalue weighted by molar-refractivity contribution is -0.139. The minimum atomic E-state index is -0.313. The van der Waals surface area contributed by atoms with Crippen molar-refractivity contribution in [2.24, 2.45) is 5.92 Å². The van der Waals surface area contributed by atoms with E-state index in [2.05, 4.69) is 4.90 Å². The number of piperidine rings is 1. The third-order valence-corrected chi connectivity index (χ3v) is 7.74. The van der Waals surface area contributed by atoms with Gasteiger partial charge < -0.3 is 14.5 Å². The first kappa shape index (κ1) is 21.2. The summed E-state index contributed by atoms with van der Waals surface area (Å²) in [4.78, 5) is 46.1. The van der Waals surface area contributed by atoms with E-state index in [4.69, 9.17) is 4.74 Å². The van der Waals surface area contributed by atoms with E-state index in [9.17, 15) is 14.4 Å². The van der Waals surface area contributed by atoms with E-state index in [0.29, 0.717) is 44.0 Å². The summed E-state index contributed by atoms with van der Waals surface area (Å²) in [6.45, 7) is 5.68. The van der Waals surface area contributed by atoms with Gasteiger partial charge in [-0.25, -0.2) is 0 Å². The van der Waals surface area contributed by atoms with Gasteiger partial charge in [-0.15, -0.1) is 11.3 Å². The number of rotatable bonds is 4. The predicted octanol–water partition coefficient (Wildman–Crippen LogP) is 3.18. The number of ether oxygens (including phenoxy) is 1. The fraction of sp³-hybridized carbons (Fsp3) is 0.458. The molecule has 4 heterocycles. The highest BCUT2D eigenvalue weighted by molar-refractivity contribution is 7.10. The maximum absolute atomic E-state index is 13.5. The van der Waals surface area contributed by atoms with Crippen LogP contribution in [0.1, 0.15) is 51.4 Å². The van der Waals surface area contributed by atoms with Crippen LogP contribution in [0.4, 0.5) is 5.69 Å². The minimum Gasteiger partial charge on any atom is -0.378 e. The van der Waals surface area contributed by atoms with Crippen LogP contribution in [0.25, 0.3) is 0 Å². The molecule has 0 bridgehead atoms. The normalized spacial score (nSPS) is 22.3. The van der Waals surface area contributed by atoms with Gasteiger partial charge in [0.2, 0.25) is 5.91 Å². The van der Waals surface area contributed by atoms with Crippen LogP contribution in [0.5, 0.6) is 0 Å². The standard InChI is InChI=1S/C24H27N3O4S/c1-16(20-8-4-14-32-20)27-23(29)18-6-2-7-19(21(18)24(27)30)26-9-3-5-17(15-26)22(28)25-10-12-31-13-11-25/h2,4,6-8,14,16-17H,3,5,9-13,15H2,1H3. The van der Waals surface area contributed by atoms with Crippen molar-refractivity contribution >= 4 is 34.7 Å². The summed E-state index contributed by atoms with van der Waals surface area (Å²) >= 11 is 1.54. The molecule has 3 aliphatic rings. The number of carbonyl (C=O) groups is 3. The number of carbonyl (C=O) groups excluding carboxylic acids is 3. The highest BCUT2D eigenvalue weighted by Gasteiger charge is 2.42. The molecular formula is C24H27N3O4S. The van der Waals surface area contributed by atoms with E-state index in [1.54, 1.807) is 17.4 Å². The molecular weight excluding hydrogens is 426 g/mol. The fourth-order valence-electron chi connectivity index (χ4n) is 5.00. The molecule has 3 amide bonds. The number of nitrogens with zero attached hydrogens (tertiary/aromatic N) is 3. The zero-order valence-electron chi connectivity index (χ0n) is 18.2. The predicted molar refractivity (Wildman–Crippen MR) is 122 cm³/mol. The van der Waals surface area contributed by atoms with Crippen molar-refractivity contribution in [3.8, 4) is 0 Å². The zero-order valence-corrected chi connectivity index (χ0v) is 19.0. The van der Waals surface area contributed by atoms with Gasteiger partial charge in [-0.3, -0.25) is 19.3 Å². The van der Waals surface area contributed by atoms with Crippen LogP contribution in [-0.4, -0.2) is 66.9 Å². The van der Waals surface area contributed by atoms with Crippen molar-refractivity contribution in [1.29, 1.82) is 0 Å². The van der Waals surface area contributed by atoms with E-state index in [1.165, 1.54) is 4.90 Å². The Kier molecular flexibility index (Phi) is 5.73. The number of imide groups is 1. The molecule has 168 valence electrons. The van der Waals surface area contributed by atoms with Gasteiger partial charge in [0.1, 0.15) is 0 Å². The molecule has 2 atom stereocenters. The summed E-state index contributed by atoms with van der Waals surface area (Å²) in [6, 6.07) is 9.05. The fourth-order valence-corrected chi connectivity index (χ4v) is 5.77. The van der Waals surface area contributed by atoms with Gasteiger partial charge in [0, 0.05) is 31.1 Å². The molecule has 2 unspecified atom stereocenters. The molecule has 1 aromatic carbocycles. The molecule has 8 heteroatoms. The van der Waals surface area contributed by atoms with Crippen molar-refractivity contribution in [3.05, 3.63) is 51.7 Å². The third-order valence-electron chi connectivity index (χ3n) is 6.70. The monoisotopic (exact) mass is 453 g/mol. The summed E-state index contributed by atoms with van der Waals surface area (Å²) in [5.74, 6) is -0.430. The quantitative estimate of drug-likeness (QED) is 0.665. The number of hydrogen-bond acceptors (Lipinski definition) is 6. The van der Waals surface area contributed by atoms with Crippen LogP contribution in [0.15, 0.2) is 35.7 Å². The van der Waals surface area contributed by atoms with Gasteiger partial charge in [0.15, 0.2) is 0 Å². The molecule has 0 radical (unpaired) electrons. The number of morpholine rings is 1. The molecule has 0 saturated carbocycles. The lowest BCUT2D eigenvalue weighted by atomic mass is 9.94. The van der Waals surface area contributed by atoms with Gasteiger partial charge in [-0.1, -0.05) is 12.1 Å². The van der Waals surface area contributed by atoms with Gasteiger partial charge >= 0.3 is 0 Å². The van der Waals surface area contributed by atoms with Crippen molar-refractivity contribution in [1.82, 2.24) is 9.80 Å². The Balaban J connectivity index is 1.40. The van der Waals surface area contributed by atoms with Crippen LogP contribution in [-0.2, 0) is 9.53 Å². The van der Waals surface area contributed by atoms with Gasteiger partial charge in [0.05, 0.1) is 42.0 Å². The van der Waals surface area contributed by atoms with Crippen LogP contribution < -0.4 is 4.90 Å². The first-order valence-electron chi connectivity index (χ1n) is 11.2. The van der Waals surface area contributed by atoms with Crippen molar-refractivity contribution < 1.29 is 19.1 Å². The highest BCUT2D eigenvalue weighted by Crippen LogP contribution is 2.38. The van der Waals surface area contributed by atoms with Crippen molar-refractivity contribution in [2.45, 2.75) is 25.8 Å². The summed E-state index contributed by atoms with van der Waals surface area (Å²) < 4.78 is 5.38. The van der Waals surface area contributed by atoms with Crippen LogP contribution >= 0.6 is 11.3 Å². The molecule has 0 aliphatic carbocycles. The maximum Gasteiger partial charge on any atom is 0.264 e. The molecule has 0 spiro atoms. The van der Waals surface area contributed by atoms with Crippen molar-refractivity contribution in [3.63, 3.8) is 0 Å². The second-order valence-corrected chi connectivity index (χ2v) is 9.57. The molecule has 0 N–H and O–H groups in total. The topological polar surface area (TPSA) is 70.2 Å². The summed E-state index contributed by atoms with van der Waals surface area (Å²) in [5.41, 5.74) is 1.69. The average molecular weight is 454 g/mol. The van der Waals surface area contributed by atoms with E-state index >= 15 is 0 Å². The largest absolute Gasteiger partial charge is 0.378 e. The Morgan fingerprint density at radius 1 is 1.09 bits per heavy atom. The van der Waals surface area contributed by atoms with E-state index in [1.807, 2.05) is 41.5 Å². The molecule has 3 aliphatic heterocycles. The second kappa shape index (κ2) is 8.67. The molecule has 1 aromatic heterocycles. The number of anilines is 1. The Morgan fingerprint density at radius 3 is 2.66 bits per heavy atom. The Bertz CT molecular complexity index is 1030. The molecule has 7 nitrogen and oxygen atoms in total. The Hall–Kier alpha value is -2.71. The number of fused-ring (bicyclic) bond motifs is 1. The van der Waals surface area contributed by atoms with Crippen molar-refractivity contribution in [2.75, 3.05) is 44.3 Å². The van der Waals surface area contributed by atoms with Crippen LogP contribution in [0.3, 0.4) is 0 Å². The van der Waals surface area contributed by atoms with E-state index in [0.717, 1.165) is 30.0 Å². The third kappa shape index (κ3) is 3.61. The summed E-state index contributed by atoms with van der Waals surface area (Å²) in [5, 5.41) is 1.95. The molecule has 2 saturated heterocycles. The summed E-state index contributed by atoms with van der Waals surface area (Å²) in [7, 11) is 0. The summed E-state index contributed by atoms with van der Waals surface area (Å²) in [6.07, 6.45) is 1.72. The minimum absolute atomic E-state index is 0.106. The Labute approximate surface area is 191 Å². The number of amides is 3. The molecule has 5 rings (SSSR count). The smallest absolute Gasteiger partial charge is 0.264 e. The lowest BCUT2D eigenvalue weighted by Crippen LogP contribution is -2.48. The second-order valence-electron chi connectivity index (χ2n) is 8.59. The first-order valence-corrected chi connectivity index (χ1v) is 12.1. The number of thiophene rings is 1. The van der Waals surface area contributed by atoms with E-state index in [-0.39, 0.29) is 29.7 Å². The molecule has 2 aromatic rings. The number of hydrogen-bond donors (Lipinski definition) is 0.